The number of nitrogens with one attached hydrogen (secondary N) is 2. The summed E-state index contributed by atoms with van der Waals surface area (Å²) >= 11 is 0. The lowest BCUT2D eigenvalue weighted by atomic mass is 9.88. The van der Waals surface area contributed by atoms with E-state index in [2.05, 4.69) is 28.8 Å². The average molecular weight is 364 g/mol. The van der Waals surface area contributed by atoms with Crippen molar-refractivity contribution in [2.24, 2.45) is 5.92 Å². The minimum Gasteiger partial charge on any atom is -0.351 e. The maximum Gasteiger partial charge on any atom is 0.247 e. The van der Waals surface area contributed by atoms with Crippen LogP contribution in [0.2, 0.25) is 0 Å². The highest BCUT2D eigenvalue weighted by Gasteiger charge is 2.26. The van der Waals surface area contributed by atoms with E-state index in [9.17, 15) is 9.59 Å². The Bertz CT molecular complexity index is 786. The van der Waals surface area contributed by atoms with Gasteiger partial charge in [0, 0.05) is 12.5 Å². The van der Waals surface area contributed by atoms with E-state index < -0.39 is 6.04 Å². The Balaban J connectivity index is 1.70. The second kappa shape index (κ2) is 8.85. The molecule has 0 saturated carbocycles. The number of aryl methyl sites for hydroxylation is 1. The molecule has 0 radical (unpaired) electrons. The summed E-state index contributed by atoms with van der Waals surface area (Å²) in [6.45, 7) is 3.99. The topological polar surface area (TPSA) is 58.2 Å². The van der Waals surface area contributed by atoms with Crippen molar-refractivity contribution in [1.29, 1.82) is 0 Å². The maximum atomic E-state index is 13.0. The molecular weight excluding hydrogens is 336 g/mol. The zero-order valence-corrected chi connectivity index (χ0v) is 16.1. The molecule has 2 aromatic rings. The third-order valence-corrected chi connectivity index (χ3v) is 4.99. The summed E-state index contributed by atoms with van der Waals surface area (Å²) in [4.78, 5) is 25.3. The Kier molecular flexibility index (Phi) is 6.28. The van der Waals surface area contributed by atoms with Crippen LogP contribution in [-0.2, 0) is 22.4 Å². The van der Waals surface area contributed by atoms with E-state index in [0.717, 1.165) is 24.8 Å². The van der Waals surface area contributed by atoms with Gasteiger partial charge >= 0.3 is 0 Å². The van der Waals surface area contributed by atoms with E-state index in [0.29, 0.717) is 6.42 Å². The van der Waals surface area contributed by atoms with Crippen LogP contribution in [0.1, 0.15) is 49.4 Å². The second-order valence-corrected chi connectivity index (χ2v) is 7.73. The van der Waals surface area contributed by atoms with Crippen molar-refractivity contribution in [3.8, 4) is 0 Å². The fraction of sp³-hybridized carbons (Fsp3) is 0.391. The van der Waals surface area contributed by atoms with Gasteiger partial charge in [0.2, 0.25) is 11.8 Å². The molecule has 0 bridgehead atoms. The third-order valence-electron chi connectivity index (χ3n) is 4.99. The Morgan fingerprint density at radius 3 is 2.37 bits per heavy atom. The van der Waals surface area contributed by atoms with E-state index >= 15 is 0 Å². The molecule has 0 aromatic heterocycles. The molecule has 1 aliphatic carbocycles. The lowest BCUT2D eigenvalue weighted by Crippen LogP contribution is -2.46. The molecule has 0 saturated heterocycles. The monoisotopic (exact) mass is 364 g/mol. The number of benzene rings is 2. The van der Waals surface area contributed by atoms with Gasteiger partial charge in [-0.1, -0.05) is 68.4 Å². The predicted molar refractivity (Wildman–Crippen MR) is 107 cm³/mol. The molecule has 0 aliphatic heterocycles. The number of rotatable bonds is 6. The van der Waals surface area contributed by atoms with Crippen LogP contribution < -0.4 is 10.6 Å². The Morgan fingerprint density at radius 2 is 1.67 bits per heavy atom. The van der Waals surface area contributed by atoms with Gasteiger partial charge in [-0.15, -0.1) is 0 Å². The molecule has 0 fully saturated rings. The zero-order valence-electron chi connectivity index (χ0n) is 16.1. The van der Waals surface area contributed by atoms with E-state index in [4.69, 9.17) is 0 Å². The normalized spacial score (nSPS) is 17.1. The number of hydrogen-bond donors (Lipinski definition) is 2. The summed E-state index contributed by atoms with van der Waals surface area (Å²) in [5, 5.41) is 6.09. The molecule has 3 rings (SSSR count). The molecule has 0 spiro atoms. The summed E-state index contributed by atoms with van der Waals surface area (Å²) in [6.07, 6.45) is 3.14. The van der Waals surface area contributed by atoms with Crippen molar-refractivity contribution in [2.75, 3.05) is 0 Å². The van der Waals surface area contributed by atoms with Gasteiger partial charge in [0.15, 0.2) is 0 Å². The number of carbonyl (C=O) groups is 2. The number of fused-ring (bicyclic) bond motifs is 1. The minimum atomic E-state index is -0.658. The van der Waals surface area contributed by atoms with Crippen molar-refractivity contribution in [2.45, 2.75) is 51.6 Å². The first kappa shape index (κ1) is 19.2. The standard InChI is InChI=1S/C23H28N2O2/c1-16(2)14-21(26)25-22(18-9-4-3-5-10-18)23(27)24-20-13-12-17-8-6-7-11-19(17)15-20/h3-11,16,20,22H,12-15H2,1-2H3,(H,24,27)(H,25,26). The zero-order chi connectivity index (χ0) is 19.2. The van der Waals surface area contributed by atoms with Crippen LogP contribution in [-0.4, -0.2) is 17.9 Å². The van der Waals surface area contributed by atoms with E-state index in [1.807, 2.05) is 50.2 Å². The van der Waals surface area contributed by atoms with Crippen LogP contribution in [0, 0.1) is 5.92 Å². The number of amides is 2. The van der Waals surface area contributed by atoms with Gasteiger partial charge in [-0.05, 0) is 41.9 Å². The Labute approximate surface area is 161 Å². The van der Waals surface area contributed by atoms with Gasteiger partial charge in [-0.2, -0.15) is 0 Å². The van der Waals surface area contributed by atoms with Gasteiger partial charge in [-0.3, -0.25) is 9.59 Å². The van der Waals surface area contributed by atoms with Crippen LogP contribution in [0.3, 0.4) is 0 Å². The molecule has 27 heavy (non-hydrogen) atoms. The molecule has 2 atom stereocenters. The molecule has 2 unspecified atom stereocenters. The van der Waals surface area contributed by atoms with E-state index in [1.165, 1.54) is 11.1 Å². The van der Waals surface area contributed by atoms with Gasteiger partial charge in [0.25, 0.3) is 0 Å². The molecule has 142 valence electrons. The highest BCUT2D eigenvalue weighted by molar-refractivity contribution is 5.88. The molecule has 1 aliphatic rings. The average Bonchev–Trinajstić information content (AvgIpc) is 2.66. The second-order valence-electron chi connectivity index (χ2n) is 7.73. The van der Waals surface area contributed by atoms with Crippen molar-refractivity contribution >= 4 is 11.8 Å². The first-order valence-electron chi connectivity index (χ1n) is 9.74. The first-order valence-corrected chi connectivity index (χ1v) is 9.74. The Morgan fingerprint density at radius 1 is 1.00 bits per heavy atom. The predicted octanol–water partition coefficient (Wildman–Crippen LogP) is 3.56. The highest BCUT2D eigenvalue weighted by atomic mass is 16.2. The highest BCUT2D eigenvalue weighted by Crippen LogP contribution is 2.22. The summed E-state index contributed by atoms with van der Waals surface area (Å²) in [5.41, 5.74) is 3.48. The van der Waals surface area contributed by atoms with Crippen molar-refractivity contribution in [3.05, 3.63) is 71.3 Å². The van der Waals surface area contributed by atoms with Crippen molar-refractivity contribution < 1.29 is 9.59 Å². The van der Waals surface area contributed by atoms with Crippen LogP contribution in [0.5, 0.6) is 0 Å². The lowest BCUT2D eigenvalue weighted by molar-refractivity contribution is -0.130. The van der Waals surface area contributed by atoms with Gasteiger partial charge in [0.1, 0.15) is 6.04 Å². The fourth-order valence-electron chi connectivity index (χ4n) is 3.64. The summed E-state index contributed by atoms with van der Waals surface area (Å²) in [6, 6.07) is 17.3. The SMILES string of the molecule is CC(C)CC(=O)NC(C(=O)NC1CCc2ccccc2C1)c1ccccc1. The van der Waals surface area contributed by atoms with Gasteiger partial charge < -0.3 is 10.6 Å². The van der Waals surface area contributed by atoms with Crippen LogP contribution >= 0.6 is 0 Å². The van der Waals surface area contributed by atoms with E-state index in [1.54, 1.807) is 0 Å². The van der Waals surface area contributed by atoms with Crippen LogP contribution in [0.25, 0.3) is 0 Å². The molecule has 2 amide bonds. The smallest absolute Gasteiger partial charge is 0.247 e. The van der Waals surface area contributed by atoms with E-state index in [-0.39, 0.29) is 23.8 Å². The molecule has 2 N–H and O–H groups in total. The van der Waals surface area contributed by atoms with Crippen molar-refractivity contribution in [3.63, 3.8) is 0 Å². The van der Waals surface area contributed by atoms with Crippen molar-refractivity contribution in [1.82, 2.24) is 10.6 Å². The maximum absolute atomic E-state index is 13.0. The first-order chi connectivity index (χ1) is 13.0. The van der Waals surface area contributed by atoms with Gasteiger partial charge in [-0.25, -0.2) is 0 Å². The molecule has 4 nitrogen and oxygen atoms in total. The molecular formula is C23H28N2O2. The lowest BCUT2D eigenvalue weighted by Gasteiger charge is -2.28. The minimum absolute atomic E-state index is 0.0945. The van der Waals surface area contributed by atoms with Gasteiger partial charge in [0.05, 0.1) is 0 Å². The molecule has 4 heteroatoms. The Hall–Kier alpha value is -2.62. The fourth-order valence-corrected chi connectivity index (χ4v) is 3.64. The summed E-state index contributed by atoms with van der Waals surface area (Å²) < 4.78 is 0. The molecule has 2 aromatic carbocycles. The third kappa shape index (κ3) is 5.19. The van der Waals surface area contributed by atoms with Crippen LogP contribution in [0.15, 0.2) is 54.6 Å². The largest absolute Gasteiger partial charge is 0.351 e. The summed E-state index contributed by atoms with van der Waals surface area (Å²) in [7, 11) is 0. The quantitative estimate of drug-likeness (QED) is 0.823. The summed E-state index contributed by atoms with van der Waals surface area (Å²) in [5.74, 6) is 0.0185. The number of hydrogen-bond acceptors (Lipinski definition) is 2. The number of carbonyl (C=O) groups excluding carboxylic acids is 2. The van der Waals surface area contributed by atoms with Crippen LogP contribution in [0.4, 0.5) is 0 Å². The molecule has 0 heterocycles.